The van der Waals surface area contributed by atoms with E-state index in [-0.39, 0.29) is 29.6 Å². The maximum atomic E-state index is 14.1. The van der Waals surface area contributed by atoms with Crippen molar-refractivity contribution in [3.8, 4) is 0 Å². The van der Waals surface area contributed by atoms with E-state index >= 15 is 0 Å². The molecule has 0 spiro atoms. The molecular formula is C34H47N5O6. The Bertz CT molecular complexity index is 1490. The van der Waals surface area contributed by atoms with Gasteiger partial charge in [-0.15, -0.1) is 0 Å². The molecule has 1 aromatic carbocycles. The second kappa shape index (κ2) is 15.3. The molecule has 45 heavy (non-hydrogen) atoms. The number of para-hydroxylation sites is 1. The number of Topliss-reactive ketones (excluding diaryl/α,β-unsaturated/α-hetero) is 1. The number of aryl methyl sites for hydroxylation is 1. The maximum absolute atomic E-state index is 14.1. The van der Waals surface area contributed by atoms with E-state index in [9.17, 15) is 28.8 Å². The number of nitrogens with one attached hydrogen (secondary N) is 3. The predicted octanol–water partition coefficient (Wildman–Crippen LogP) is 3.04. The normalized spacial score (nSPS) is 23.7. The second-order valence-corrected chi connectivity index (χ2v) is 12.5. The van der Waals surface area contributed by atoms with Gasteiger partial charge in [0, 0.05) is 43.6 Å². The van der Waals surface area contributed by atoms with Crippen LogP contribution < -0.4 is 21.4 Å². The minimum Gasteiger partial charge on any atom is -0.350 e. The summed E-state index contributed by atoms with van der Waals surface area (Å²) >= 11 is 0. The van der Waals surface area contributed by atoms with Gasteiger partial charge in [0.1, 0.15) is 30.0 Å². The van der Waals surface area contributed by atoms with Crippen molar-refractivity contribution in [1.29, 1.82) is 0 Å². The van der Waals surface area contributed by atoms with Crippen LogP contribution in [0.4, 0.5) is 0 Å². The van der Waals surface area contributed by atoms with Gasteiger partial charge in [-0.2, -0.15) is 0 Å². The average Bonchev–Trinajstić information content (AvgIpc) is 3.05. The van der Waals surface area contributed by atoms with E-state index in [0.717, 1.165) is 12.8 Å². The van der Waals surface area contributed by atoms with Gasteiger partial charge in [0.2, 0.25) is 23.6 Å². The molecule has 244 valence electrons. The Balaban J connectivity index is 1.74. The van der Waals surface area contributed by atoms with Crippen molar-refractivity contribution in [2.75, 3.05) is 6.54 Å². The summed E-state index contributed by atoms with van der Waals surface area (Å²) in [6.45, 7) is 5.98. The SMILES string of the molecule is CCC(=O)CCCCC[C@@H]1NC(=O)[C@H]2CCCCN2C(=O)[C@H](C(C)CC)NC(=O)[C@H](c2cn(C)c3ccccc3c2=O)NC1=O. The fraction of sp³-hybridized carbons (Fsp3) is 0.588. The Morgan fingerprint density at radius 1 is 0.933 bits per heavy atom. The number of amides is 4. The van der Waals surface area contributed by atoms with Gasteiger partial charge in [-0.3, -0.25) is 28.8 Å². The molecule has 0 radical (unpaired) electrons. The van der Waals surface area contributed by atoms with Gasteiger partial charge < -0.3 is 25.4 Å². The van der Waals surface area contributed by atoms with Crippen molar-refractivity contribution in [2.45, 2.75) is 109 Å². The summed E-state index contributed by atoms with van der Waals surface area (Å²) in [6, 6.07) is 2.92. The quantitative estimate of drug-likeness (QED) is 0.348. The zero-order valence-electron chi connectivity index (χ0n) is 26.9. The van der Waals surface area contributed by atoms with Crippen LogP contribution in [0.5, 0.6) is 0 Å². The number of ketones is 1. The molecule has 1 unspecified atom stereocenters. The molecule has 2 fully saturated rings. The highest BCUT2D eigenvalue weighted by Gasteiger charge is 2.41. The largest absolute Gasteiger partial charge is 0.350 e. The van der Waals surface area contributed by atoms with Crippen molar-refractivity contribution < 1.29 is 24.0 Å². The van der Waals surface area contributed by atoms with Crippen molar-refractivity contribution in [3.63, 3.8) is 0 Å². The minimum absolute atomic E-state index is 0.0634. The van der Waals surface area contributed by atoms with Crippen molar-refractivity contribution in [2.24, 2.45) is 13.0 Å². The number of piperidine rings is 1. The molecule has 4 amide bonds. The molecule has 1 aromatic heterocycles. The topological polar surface area (TPSA) is 147 Å². The van der Waals surface area contributed by atoms with E-state index in [2.05, 4.69) is 16.0 Å². The van der Waals surface area contributed by atoms with Crippen LogP contribution in [-0.2, 0) is 31.0 Å². The first-order chi connectivity index (χ1) is 21.6. The number of carbonyl (C=O) groups excluding carboxylic acids is 5. The van der Waals surface area contributed by atoms with Crippen molar-refractivity contribution >= 4 is 40.3 Å². The lowest BCUT2D eigenvalue weighted by Crippen LogP contribution is -2.63. The third-order valence-corrected chi connectivity index (χ3v) is 9.32. The van der Waals surface area contributed by atoms with Crippen LogP contribution in [0.25, 0.3) is 10.9 Å². The summed E-state index contributed by atoms with van der Waals surface area (Å²) in [5, 5.41) is 8.94. The van der Waals surface area contributed by atoms with E-state index in [1.54, 1.807) is 40.9 Å². The Labute approximate surface area is 264 Å². The van der Waals surface area contributed by atoms with E-state index in [0.29, 0.717) is 62.4 Å². The van der Waals surface area contributed by atoms with Gasteiger partial charge in [0.25, 0.3) is 0 Å². The highest BCUT2D eigenvalue weighted by atomic mass is 16.2. The number of aromatic nitrogens is 1. The van der Waals surface area contributed by atoms with Gasteiger partial charge >= 0.3 is 0 Å². The van der Waals surface area contributed by atoms with E-state index in [1.807, 2.05) is 26.8 Å². The molecule has 11 nitrogen and oxygen atoms in total. The molecule has 3 heterocycles. The number of benzene rings is 1. The standard InChI is InChI=1S/C34H47N5O6/c1-5-21(3)28-34(45)39-19-13-12-18-27(39)32(43)35-25(16-9-7-8-14-22(40)6-2)31(42)37-29(33(44)36-28)24-20-38(4)26-17-11-10-15-23(26)30(24)41/h10-11,15,17,20-21,25,27-29H,5-9,12-14,16,18-19H2,1-4H3,(H,35,43)(H,36,44)(H,37,42)/t21?,25-,27+,28-,29-/m0/s1. The summed E-state index contributed by atoms with van der Waals surface area (Å²) < 4.78 is 1.73. The summed E-state index contributed by atoms with van der Waals surface area (Å²) in [5.41, 5.74) is 0.329. The molecule has 2 aliphatic rings. The van der Waals surface area contributed by atoms with Gasteiger partial charge in [0.15, 0.2) is 5.43 Å². The van der Waals surface area contributed by atoms with Crippen molar-refractivity contribution in [3.05, 3.63) is 46.2 Å². The van der Waals surface area contributed by atoms with Crippen molar-refractivity contribution in [1.82, 2.24) is 25.4 Å². The van der Waals surface area contributed by atoms with Gasteiger partial charge in [-0.1, -0.05) is 52.2 Å². The predicted molar refractivity (Wildman–Crippen MR) is 171 cm³/mol. The first-order valence-electron chi connectivity index (χ1n) is 16.4. The summed E-state index contributed by atoms with van der Waals surface area (Å²) in [4.78, 5) is 82.9. The summed E-state index contributed by atoms with van der Waals surface area (Å²) in [5.74, 6) is -2.08. The van der Waals surface area contributed by atoms with Crippen LogP contribution in [0.3, 0.4) is 0 Å². The molecule has 3 N–H and O–H groups in total. The molecule has 4 rings (SSSR count). The highest BCUT2D eigenvalue weighted by Crippen LogP contribution is 2.24. The fourth-order valence-electron chi connectivity index (χ4n) is 6.33. The number of hydrogen-bond acceptors (Lipinski definition) is 6. The lowest BCUT2D eigenvalue weighted by atomic mass is 9.93. The molecule has 2 aromatic rings. The monoisotopic (exact) mass is 621 g/mol. The van der Waals surface area contributed by atoms with Gasteiger partial charge in [-0.05, 0) is 50.2 Å². The molecule has 2 saturated heterocycles. The van der Waals surface area contributed by atoms with Crippen LogP contribution in [-0.4, -0.2) is 63.5 Å². The summed E-state index contributed by atoms with van der Waals surface area (Å²) in [7, 11) is 1.76. The molecule has 0 saturated carbocycles. The Kier molecular flexibility index (Phi) is 11.5. The lowest BCUT2D eigenvalue weighted by molar-refractivity contribution is -0.147. The Morgan fingerprint density at radius 3 is 2.42 bits per heavy atom. The molecule has 2 aliphatic heterocycles. The number of pyridine rings is 1. The zero-order valence-corrected chi connectivity index (χ0v) is 26.9. The first-order valence-corrected chi connectivity index (χ1v) is 16.4. The Morgan fingerprint density at radius 2 is 1.69 bits per heavy atom. The second-order valence-electron chi connectivity index (χ2n) is 12.5. The zero-order chi connectivity index (χ0) is 32.7. The lowest BCUT2D eigenvalue weighted by Gasteiger charge is -2.39. The van der Waals surface area contributed by atoms with Crippen LogP contribution in [0.2, 0.25) is 0 Å². The number of fused-ring (bicyclic) bond motifs is 2. The third kappa shape index (κ3) is 7.80. The number of hydrogen-bond donors (Lipinski definition) is 3. The third-order valence-electron chi connectivity index (χ3n) is 9.32. The number of unbranched alkanes of at least 4 members (excludes halogenated alkanes) is 2. The molecule has 5 atom stereocenters. The molecule has 0 aliphatic carbocycles. The Hall–Kier alpha value is -4.02. The minimum atomic E-state index is -1.40. The fourth-order valence-corrected chi connectivity index (χ4v) is 6.33. The van der Waals surface area contributed by atoms with Gasteiger partial charge in [-0.25, -0.2) is 0 Å². The molecular weight excluding hydrogens is 574 g/mol. The van der Waals surface area contributed by atoms with E-state index in [1.165, 1.54) is 0 Å². The molecule has 0 bridgehead atoms. The maximum Gasteiger partial charge on any atom is 0.248 e. The molecule has 11 heteroatoms. The van der Waals surface area contributed by atoms with Gasteiger partial charge in [0.05, 0.1) is 5.52 Å². The smallest absolute Gasteiger partial charge is 0.248 e. The van der Waals surface area contributed by atoms with E-state index < -0.39 is 47.3 Å². The van der Waals surface area contributed by atoms with Crippen LogP contribution in [0.15, 0.2) is 35.3 Å². The van der Waals surface area contributed by atoms with E-state index in [4.69, 9.17) is 0 Å². The van der Waals surface area contributed by atoms with Crippen LogP contribution in [0.1, 0.15) is 96.6 Å². The summed E-state index contributed by atoms with van der Waals surface area (Å²) in [6.07, 6.45) is 7.22. The number of carbonyl (C=O) groups is 5. The number of nitrogens with zero attached hydrogens (tertiary/aromatic N) is 2. The first kappa shape index (κ1) is 33.9. The van der Waals surface area contributed by atoms with Crippen LogP contribution >= 0.6 is 0 Å². The highest BCUT2D eigenvalue weighted by molar-refractivity contribution is 5.98. The number of rotatable bonds is 10. The van der Waals surface area contributed by atoms with Crippen LogP contribution in [0, 0.1) is 5.92 Å². The average molecular weight is 622 g/mol.